The minimum absolute atomic E-state index is 0.00264. The van der Waals surface area contributed by atoms with Crippen LogP contribution in [0.25, 0.3) is 0 Å². The second kappa shape index (κ2) is 7.48. The Hall–Kier alpha value is -1.29. The highest BCUT2D eigenvalue weighted by molar-refractivity contribution is 6.29. The number of amides is 1. The molecule has 4 nitrogen and oxygen atoms in total. The van der Waals surface area contributed by atoms with E-state index in [1.54, 1.807) is 12.1 Å². The monoisotopic (exact) mass is 297 g/mol. The Labute approximate surface area is 126 Å². The summed E-state index contributed by atoms with van der Waals surface area (Å²) in [5, 5.41) is 3.42. The van der Waals surface area contributed by atoms with Gasteiger partial charge in [-0.2, -0.15) is 0 Å². The molecular formula is C15H24ClN3O. The van der Waals surface area contributed by atoms with E-state index < -0.39 is 0 Å². The van der Waals surface area contributed by atoms with Crippen molar-refractivity contribution in [3.63, 3.8) is 0 Å². The number of hydrogen-bond donors (Lipinski definition) is 1. The maximum absolute atomic E-state index is 12.6. The lowest BCUT2D eigenvalue weighted by Crippen LogP contribution is -2.39. The van der Waals surface area contributed by atoms with Crippen molar-refractivity contribution in [2.75, 3.05) is 18.4 Å². The number of pyridine rings is 1. The Morgan fingerprint density at radius 3 is 2.50 bits per heavy atom. The summed E-state index contributed by atoms with van der Waals surface area (Å²) < 4.78 is 0. The molecule has 0 aliphatic heterocycles. The van der Waals surface area contributed by atoms with Gasteiger partial charge in [-0.15, -0.1) is 0 Å². The zero-order valence-electron chi connectivity index (χ0n) is 12.9. The highest BCUT2D eigenvalue weighted by Crippen LogP contribution is 2.18. The summed E-state index contributed by atoms with van der Waals surface area (Å²) in [5.41, 5.74) is 0.579. The second-order valence-corrected chi connectivity index (χ2v) is 5.93. The van der Waals surface area contributed by atoms with Crippen molar-refractivity contribution in [1.29, 1.82) is 0 Å². The van der Waals surface area contributed by atoms with Crippen molar-refractivity contribution in [2.45, 2.75) is 40.7 Å². The molecule has 5 heteroatoms. The minimum atomic E-state index is -0.00264. The molecule has 0 aliphatic carbocycles. The standard InChI is InChI=1S/C15H24ClN3O/c1-6-17-14-8-12(7-13(16)18-14)15(20)19(11(4)5)9-10(2)3/h7-8,10-11H,6,9H2,1-5H3,(H,17,18). The summed E-state index contributed by atoms with van der Waals surface area (Å²) in [7, 11) is 0. The molecule has 112 valence electrons. The molecule has 0 fully saturated rings. The summed E-state index contributed by atoms with van der Waals surface area (Å²) in [6.07, 6.45) is 0. The van der Waals surface area contributed by atoms with Crippen molar-refractivity contribution in [3.8, 4) is 0 Å². The van der Waals surface area contributed by atoms with Gasteiger partial charge in [0.2, 0.25) is 0 Å². The number of halogens is 1. The van der Waals surface area contributed by atoms with Crippen LogP contribution in [-0.2, 0) is 0 Å². The lowest BCUT2D eigenvalue weighted by atomic mass is 10.1. The molecule has 0 aromatic carbocycles. The smallest absolute Gasteiger partial charge is 0.254 e. The lowest BCUT2D eigenvalue weighted by molar-refractivity contribution is 0.0682. The molecule has 1 heterocycles. The summed E-state index contributed by atoms with van der Waals surface area (Å²) in [6.45, 7) is 11.7. The predicted molar refractivity (Wildman–Crippen MR) is 84.4 cm³/mol. The van der Waals surface area contributed by atoms with Crippen LogP contribution in [0.15, 0.2) is 12.1 Å². The van der Waals surface area contributed by atoms with E-state index in [0.717, 1.165) is 13.1 Å². The van der Waals surface area contributed by atoms with E-state index in [-0.39, 0.29) is 11.9 Å². The van der Waals surface area contributed by atoms with Gasteiger partial charge in [-0.1, -0.05) is 25.4 Å². The van der Waals surface area contributed by atoms with Crippen LogP contribution in [0.2, 0.25) is 5.15 Å². The average molecular weight is 298 g/mol. The van der Waals surface area contributed by atoms with Gasteiger partial charge in [0.1, 0.15) is 11.0 Å². The van der Waals surface area contributed by atoms with Gasteiger partial charge in [0.05, 0.1) is 0 Å². The molecule has 0 unspecified atom stereocenters. The number of rotatable bonds is 6. The van der Waals surface area contributed by atoms with Gasteiger partial charge in [0, 0.05) is 24.7 Å². The van der Waals surface area contributed by atoms with E-state index in [2.05, 4.69) is 24.1 Å². The third-order valence-electron chi connectivity index (χ3n) is 2.84. The first-order valence-corrected chi connectivity index (χ1v) is 7.45. The lowest BCUT2D eigenvalue weighted by Gasteiger charge is -2.28. The molecule has 1 aromatic rings. The number of aromatic nitrogens is 1. The fourth-order valence-corrected chi connectivity index (χ4v) is 2.19. The van der Waals surface area contributed by atoms with Crippen molar-refractivity contribution in [2.24, 2.45) is 5.92 Å². The first kappa shape index (κ1) is 16.8. The van der Waals surface area contributed by atoms with Crippen LogP contribution < -0.4 is 5.32 Å². The molecule has 20 heavy (non-hydrogen) atoms. The highest BCUT2D eigenvalue weighted by atomic mass is 35.5. The molecule has 0 atom stereocenters. The fraction of sp³-hybridized carbons (Fsp3) is 0.600. The summed E-state index contributed by atoms with van der Waals surface area (Å²) in [4.78, 5) is 18.7. The summed E-state index contributed by atoms with van der Waals surface area (Å²) in [5.74, 6) is 1.06. The third kappa shape index (κ3) is 4.67. The first-order valence-electron chi connectivity index (χ1n) is 7.07. The second-order valence-electron chi connectivity index (χ2n) is 5.54. The summed E-state index contributed by atoms with van der Waals surface area (Å²) >= 11 is 6.00. The highest BCUT2D eigenvalue weighted by Gasteiger charge is 2.20. The zero-order chi connectivity index (χ0) is 15.3. The fourth-order valence-electron chi connectivity index (χ4n) is 1.98. The van der Waals surface area contributed by atoms with E-state index in [0.29, 0.717) is 22.5 Å². The van der Waals surface area contributed by atoms with Crippen LogP contribution in [0.4, 0.5) is 5.82 Å². The van der Waals surface area contributed by atoms with E-state index >= 15 is 0 Å². The minimum Gasteiger partial charge on any atom is -0.370 e. The van der Waals surface area contributed by atoms with Gasteiger partial charge in [-0.05, 0) is 38.8 Å². The molecule has 0 spiro atoms. The summed E-state index contributed by atoms with van der Waals surface area (Å²) in [6, 6.07) is 3.54. The molecule has 0 saturated heterocycles. The Kier molecular flexibility index (Phi) is 6.27. The number of carbonyl (C=O) groups is 1. The predicted octanol–water partition coefficient (Wildman–Crippen LogP) is 3.67. The largest absolute Gasteiger partial charge is 0.370 e. The van der Waals surface area contributed by atoms with E-state index in [1.165, 1.54) is 0 Å². The normalized spacial score (nSPS) is 11.0. The van der Waals surface area contributed by atoms with Gasteiger partial charge < -0.3 is 10.2 Å². The van der Waals surface area contributed by atoms with Crippen LogP contribution in [0.1, 0.15) is 45.0 Å². The van der Waals surface area contributed by atoms with E-state index in [4.69, 9.17) is 11.6 Å². The number of anilines is 1. The van der Waals surface area contributed by atoms with E-state index in [9.17, 15) is 4.79 Å². The van der Waals surface area contributed by atoms with Crippen LogP contribution >= 0.6 is 11.6 Å². The number of nitrogens with one attached hydrogen (secondary N) is 1. The van der Waals surface area contributed by atoms with Crippen LogP contribution in [0, 0.1) is 5.92 Å². The molecule has 0 bridgehead atoms. The Morgan fingerprint density at radius 1 is 1.35 bits per heavy atom. The maximum Gasteiger partial charge on any atom is 0.254 e. The van der Waals surface area contributed by atoms with Gasteiger partial charge >= 0.3 is 0 Å². The Balaban J connectivity index is 3.04. The first-order chi connectivity index (χ1) is 9.35. The van der Waals surface area contributed by atoms with Crippen molar-refractivity contribution in [1.82, 2.24) is 9.88 Å². The Bertz CT molecular complexity index is 460. The van der Waals surface area contributed by atoms with Gasteiger partial charge in [0.25, 0.3) is 5.91 Å². The van der Waals surface area contributed by atoms with Gasteiger partial charge in [0.15, 0.2) is 0 Å². The van der Waals surface area contributed by atoms with Crippen LogP contribution in [0.5, 0.6) is 0 Å². The van der Waals surface area contributed by atoms with Crippen LogP contribution in [-0.4, -0.2) is 34.9 Å². The molecule has 0 saturated carbocycles. The van der Waals surface area contributed by atoms with Crippen LogP contribution in [0.3, 0.4) is 0 Å². The molecule has 0 radical (unpaired) electrons. The van der Waals surface area contributed by atoms with Crippen molar-refractivity contribution < 1.29 is 4.79 Å². The maximum atomic E-state index is 12.6. The molecule has 0 aliphatic rings. The zero-order valence-corrected chi connectivity index (χ0v) is 13.7. The molecule has 1 rings (SSSR count). The number of carbonyl (C=O) groups excluding carboxylic acids is 1. The van der Waals surface area contributed by atoms with Crippen molar-refractivity contribution in [3.05, 3.63) is 22.8 Å². The third-order valence-corrected chi connectivity index (χ3v) is 3.04. The topological polar surface area (TPSA) is 45.2 Å². The molecule has 1 amide bonds. The number of hydrogen-bond acceptors (Lipinski definition) is 3. The Morgan fingerprint density at radius 2 is 2.00 bits per heavy atom. The van der Waals surface area contributed by atoms with E-state index in [1.807, 2.05) is 25.7 Å². The average Bonchev–Trinajstić information content (AvgIpc) is 2.34. The molecular weight excluding hydrogens is 274 g/mol. The molecule has 1 aromatic heterocycles. The molecule has 1 N–H and O–H groups in total. The quantitative estimate of drug-likeness (QED) is 0.815. The van der Waals surface area contributed by atoms with Gasteiger partial charge in [-0.3, -0.25) is 4.79 Å². The SMILES string of the molecule is CCNc1cc(C(=O)N(CC(C)C)C(C)C)cc(Cl)n1. The van der Waals surface area contributed by atoms with Crippen molar-refractivity contribution >= 4 is 23.3 Å². The number of nitrogens with zero attached hydrogens (tertiary/aromatic N) is 2. The van der Waals surface area contributed by atoms with Gasteiger partial charge in [-0.25, -0.2) is 4.98 Å².